The largest absolute Gasteiger partial charge is 0.352 e. The third-order valence-corrected chi connectivity index (χ3v) is 2.88. The second-order valence-corrected chi connectivity index (χ2v) is 4.48. The van der Waals surface area contributed by atoms with Gasteiger partial charge >= 0.3 is 0 Å². The average Bonchev–Trinajstić information content (AvgIpc) is 2.27. The van der Waals surface area contributed by atoms with E-state index in [9.17, 15) is 4.79 Å². The van der Waals surface area contributed by atoms with E-state index in [0.29, 0.717) is 23.6 Å². The lowest BCUT2D eigenvalue weighted by molar-refractivity contribution is 0.0952. The van der Waals surface area contributed by atoms with Gasteiger partial charge in [0, 0.05) is 22.5 Å². The quantitative estimate of drug-likeness (QED) is 0.671. The molecule has 0 saturated carbocycles. The van der Waals surface area contributed by atoms with Crippen molar-refractivity contribution in [1.29, 1.82) is 0 Å². The zero-order valence-corrected chi connectivity index (χ0v) is 10.9. The van der Waals surface area contributed by atoms with Crippen LogP contribution in [0.2, 0.25) is 5.02 Å². The van der Waals surface area contributed by atoms with Gasteiger partial charge in [0.1, 0.15) is 0 Å². The van der Waals surface area contributed by atoms with Gasteiger partial charge in [0.15, 0.2) is 0 Å². The van der Waals surface area contributed by atoms with E-state index in [0.717, 1.165) is 10.9 Å². The summed E-state index contributed by atoms with van der Waals surface area (Å²) >= 11 is 9.12. The molecule has 0 atom stereocenters. The first-order valence-corrected chi connectivity index (χ1v) is 5.99. The molecule has 0 aliphatic carbocycles. The molecule has 0 fully saturated rings. The van der Waals surface area contributed by atoms with Crippen LogP contribution in [0.4, 0.5) is 0 Å². The highest BCUT2D eigenvalue weighted by Crippen LogP contribution is 2.20. The lowest BCUT2D eigenvalue weighted by atomic mass is 10.2. The number of terminal acetylenes is 1. The highest BCUT2D eigenvalue weighted by molar-refractivity contribution is 9.10. The summed E-state index contributed by atoms with van der Waals surface area (Å²) in [5.41, 5.74) is 0.535. The van der Waals surface area contributed by atoms with Crippen LogP contribution in [0.25, 0.3) is 0 Å². The Labute approximate surface area is 109 Å². The molecule has 0 bridgehead atoms. The molecule has 1 aromatic rings. The number of unbranched alkanes of at least 4 members (excludes halogenated alkanes) is 1. The van der Waals surface area contributed by atoms with E-state index < -0.39 is 0 Å². The minimum atomic E-state index is -0.147. The highest BCUT2D eigenvalue weighted by Gasteiger charge is 2.09. The van der Waals surface area contributed by atoms with Gasteiger partial charge in [-0.25, -0.2) is 0 Å². The van der Waals surface area contributed by atoms with Crippen LogP contribution in [0.3, 0.4) is 0 Å². The summed E-state index contributed by atoms with van der Waals surface area (Å²) in [5.74, 6) is 2.37. The van der Waals surface area contributed by atoms with Crippen molar-refractivity contribution < 1.29 is 4.79 Å². The topological polar surface area (TPSA) is 29.1 Å². The third-order valence-electron chi connectivity index (χ3n) is 1.96. The van der Waals surface area contributed by atoms with Gasteiger partial charge in [0.2, 0.25) is 0 Å². The summed E-state index contributed by atoms with van der Waals surface area (Å²) in [6.07, 6.45) is 6.55. The predicted molar refractivity (Wildman–Crippen MR) is 69.6 cm³/mol. The molecule has 0 spiro atoms. The summed E-state index contributed by atoms with van der Waals surface area (Å²) < 4.78 is 0.728. The second-order valence-electron chi connectivity index (χ2n) is 3.19. The van der Waals surface area contributed by atoms with E-state index in [1.54, 1.807) is 18.2 Å². The number of rotatable bonds is 4. The average molecular weight is 301 g/mol. The third kappa shape index (κ3) is 3.88. The number of hydrogen-bond acceptors (Lipinski definition) is 1. The van der Waals surface area contributed by atoms with E-state index in [-0.39, 0.29) is 5.91 Å². The number of carbonyl (C=O) groups excluding carboxylic acids is 1. The molecule has 16 heavy (non-hydrogen) atoms. The second kappa shape index (κ2) is 6.57. The van der Waals surface area contributed by atoms with Crippen molar-refractivity contribution in [1.82, 2.24) is 5.32 Å². The van der Waals surface area contributed by atoms with Gasteiger partial charge in [-0.05, 0) is 40.5 Å². The zero-order chi connectivity index (χ0) is 12.0. The Balaban J connectivity index is 2.59. The van der Waals surface area contributed by atoms with Crippen LogP contribution in [0.1, 0.15) is 23.2 Å². The van der Waals surface area contributed by atoms with E-state index in [4.69, 9.17) is 18.0 Å². The smallest absolute Gasteiger partial charge is 0.252 e. The Morgan fingerprint density at radius 2 is 2.31 bits per heavy atom. The molecule has 0 aliphatic heterocycles. The molecule has 1 amide bonds. The van der Waals surface area contributed by atoms with Crippen LogP contribution in [0.5, 0.6) is 0 Å². The molecular weight excluding hydrogens is 289 g/mol. The first-order chi connectivity index (χ1) is 7.65. The van der Waals surface area contributed by atoms with Crippen molar-refractivity contribution in [3.05, 3.63) is 33.3 Å². The van der Waals surface area contributed by atoms with Crippen LogP contribution in [0.15, 0.2) is 22.7 Å². The maximum Gasteiger partial charge on any atom is 0.252 e. The number of halogens is 2. The minimum absolute atomic E-state index is 0.147. The van der Waals surface area contributed by atoms with Gasteiger partial charge in [-0.15, -0.1) is 12.3 Å². The molecule has 0 unspecified atom stereocenters. The van der Waals surface area contributed by atoms with E-state index >= 15 is 0 Å². The molecule has 0 heterocycles. The maximum absolute atomic E-state index is 11.7. The summed E-state index contributed by atoms with van der Waals surface area (Å²) in [5, 5.41) is 3.32. The number of benzene rings is 1. The first-order valence-electron chi connectivity index (χ1n) is 4.82. The van der Waals surface area contributed by atoms with Crippen molar-refractivity contribution in [2.24, 2.45) is 0 Å². The number of nitrogens with one attached hydrogen (secondary N) is 1. The van der Waals surface area contributed by atoms with Gasteiger partial charge < -0.3 is 5.32 Å². The molecule has 1 N–H and O–H groups in total. The molecule has 0 radical (unpaired) electrons. The summed E-state index contributed by atoms with van der Waals surface area (Å²) in [7, 11) is 0. The first kappa shape index (κ1) is 13.1. The molecule has 4 heteroatoms. The van der Waals surface area contributed by atoms with Crippen molar-refractivity contribution >= 4 is 33.4 Å². The molecule has 0 aliphatic rings. The summed E-state index contributed by atoms with van der Waals surface area (Å²) in [6, 6.07) is 5.10. The van der Waals surface area contributed by atoms with Gasteiger partial charge in [-0.2, -0.15) is 0 Å². The van der Waals surface area contributed by atoms with Gasteiger partial charge in [-0.3, -0.25) is 4.79 Å². The molecule has 2 nitrogen and oxygen atoms in total. The van der Waals surface area contributed by atoms with Gasteiger partial charge in [-0.1, -0.05) is 11.6 Å². The van der Waals surface area contributed by atoms with Crippen molar-refractivity contribution in [3.63, 3.8) is 0 Å². The molecule has 1 aromatic carbocycles. The standard InChI is InChI=1S/C12H11BrClNO/c1-2-3-4-7-15-12(16)10-8-9(14)5-6-11(10)13/h1,5-6,8H,3-4,7H2,(H,15,16). The Bertz CT molecular complexity index is 426. The lowest BCUT2D eigenvalue weighted by Crippen LogP contribution is -2.24. The highest BCUT2D eigenvalue weighted by atomic mass is 79.9. The maximum atomic E-state index is 11.7. The van der Waals surface area contributed by atoms with E-state index in [2.05, 4.69) is 27.2 Å². The molecule has 0 saturated heterocycles. The Morgan fingerprint density at radius 3 is 3.00 bits per heavy atom. The van der Waals surface area contributed by atoms with Gasteiger partial charge in [0.05, 0.1) is 5.56 Å². The zero-order valence-electron chi connectivity index (χ0n) is 8.59. The lowest BCUT2D eigenvalue weighted by Gasteiger charge is -2.06. The fourth-order valence-electron chi connectivity index (χ4n) is 1.16. The van der Waals surface area contributed by atoms with Crippen LogP contribution >= 0.6 is 27.5 Å². The van der Waals surface area contributed by atoms with Crippen molar-refractivity contribution in [2.45, 2.75) is 12.8 Å². The summed E-state index contributed by atoms with van der Waals surface area (Å²) in [6.45, 7) is 0.571. The number of amides is 1. The Hall–Kier alpha value is -0.980. The Morgan fingerprint density at radius 1 is 1.56 bits per heavy atom. The molecule has 1 rings (SSSR count). The SMILES string of the molecule is C#CCCCNC(=O)c1cc(Cl)ccc1Br. The molecule has 84 valence electrons. The fraction of sp³-hybridized carbons (Fsp3) is 0.250. The monoisotopic (exact) mass is 299 g/mol. The Kier molecular flexibility index (Phi) is 5.37. The van der Waals surface area contributed by atoms with E-state index in [1.165, 1.54) is 0 Å². The summed E-state index contributed by atoms with van der Waals surface area (Å²) in [4.78, 5) is 11.7. The van der Waals surface area contributed by atoms with Crippen LogP contribution in [-0.4, -0.2) is 12.5 Å². The van der Waals surface area contributed by atoms with Crippen molar-refractivity contribution in [3.8, 4) is 12.3 Å². The molecular formula is C12H11BrClNO. The van der Waals surface area contributed by atoms with Gasteiger partial charge in [0.25, 0.3) is 5.91 Å². The van der Waals surface area contributed by atoms with Crippen LogP contribution in [0, 0.1) is 12.3 Å². The fourth-order valence-corrected chi connectivity index (χ4v) is 1.76. The number of carbonyl (C=O) groups is 1. The van der Waals surface area contributed by atoms with Crippen LogP contribution < -0.4 is 5.32 Å². The predicted octanol–water partition coefficient (Wildman–Crippen LogP) is 3.25. The normalized spacial score (nSPS) is 9.56. The molecule has 0 aromatic heterocycles. The van der Waals surface area contributed by atoms with Crippen molar-refractivity contribution in [2.75, 3.05) is 6.54 Å². The van der Waals surface area contributed by atoms with E-state index in [1.807, 2.05) is 0 Å². The van der Waals surface area contributed by atoms with Crippen LogP contribution in [-0.2, 0) is 0 Å². The number of hydrogen-bond donors (Lipinski definition) is 1. The minimum Gasteiger partial charge on any atom is -0.352 e.